The van der Waals surface area contributed by atoms with Gasteiger partial charge < -0.3 is 20.7 Å². The second kappa shape index (κ2) is 7.45. The Hall–Kier alpha value is -2.78. The summed E-state index contributed by atoms with van der Waals surface area (Å²) in [7, 11) is 0. The number of anilines is 1. The van der Waals surface area contributed by atoms with Gasteiger partial charge in [-0.05, 0) is 23.8 Å². The molecule has 10 heteroatoms. The monoisotopic (exact) mass is 393 g/mol. The van der Waals surface area contributed by atoms with Gasteiger partial charge in [-0.1, -0.05) is 11.6 Å². The first kappa shape index (κ1) is 19.0. The SMILES string of the molecule is N=CCn1cc(N2CCC(O)(C(=O)NCc3cc(F)cc(Cl)c3)C2=O)cn1. The molecule has 2 amide bonds. The molecule has 2 heterocycles. The maximum absolute atomic E-state index is 13.4. The van der Waals surface area contributed by atoms with Gasteiger partial charge in [0.25, 0.3) is 11.8 Å². The molecule has 1 aromatic carbocycles. The Kier molecular flexibility index (Phi) is 5.24. The average molecular weight is 394 g/mol. The van der Waals surface area contributed by atoms with E-state index in [9.17, 15) is 19.1 Å². The molecule has 2 aromatic rings. The Morgan fingerprint density at radius 3 is 2.96 bits per heavy atom. The second-order valence-electron chi connectivity index (χ2n) is 6.15. The topological polar surface area (TPSA) is 111 Å². The van der Waals surface area contributed by atoms with Crippen LogP contribution in [0.15, 0.2) is 30.6 Å². The number of nitrogens with zero attached hydrogens (tertiary/aromatic N) is 3. The van der Waals surface area contributed by atoms with Crippen LogP contribution in [0.4, 0.5) is 10.1 Å². The van der Waals surface area contributed by atoms with Gasteiger partial charge in [-0.15, -0.1) is 0 Å². The van der Waals surface area contributed by atoms with Crippen molar-refractivity contribution in [1.29, 1.82) is 5.41 Å². The van der Waals surface area contributed by atoms with E-state index in [1.807, 2.05) is 0 Å². The van der Waals surface area contributed by atoms with E-state index in [0.29, 0.717) is 11.3 Å². The molecule has 1 atom stereocenters. The molecule has 0 radical (unpaired) electrons. The molecule has 1 aromatic heterocycles. The van der Waals surface area contributed by atoms with Crippen molar-refractivity contribution < 1.29 is 19.1 Å². The Bertz CT molecular complexity index is 882. The van der Waals surface area contributed by atoms with Crippen molar-refractivity contribution in [2.75, 3.05) is 11.4 Å². The normalized spacial score (nSPS) is 19.4. The fraction of sp³-hybridized carbons (Fsp3) is 0.294. The first-order chi connectivity index (χ1) is 12.8. The molecular weight excluding hydrogens is 377 g/mol. The van der Waals surface area contributed by atoms with Crippen molar-refractivity contribution in [3.8, 4) is 0 Å². The summed E-state index contributed by atoms with van der Waals surface area (Å²) in [6.45, 7) is 0.316. The van der Waals surface area contributed by atoms with E-state index in [2.05, 4.69) is 10.4 Å². The zero-order chi connectivity index (χ0) is 19.6. The van der Waals surface area contributed by atoms with E-state index in [0.717, 1.165) is 12.3 Å². The summed E-state index contributed by atoms with van der Waals surface area (Å²) in [6, 6.07) is 3.82. The molecular formula is C17H17ClFN5O3. The van der Waals surface area contributed by atoms with Crippen LogP contribution in [-0.2, 0) is 22.7 Å². The van der Waals surface area contributed by atoms with Crippen molar-refractivity contribution in [1.82, 2.24) is 15.1 Å². The van der Waals surface area contributed by atoms with Gasteiger partial charge in [0.2, 0.25) is 5.60 Å². The number of benzene rings is 1. The zero-order valence-electron chi connectivity index (χ0n) is 14.2. The molecule has 0 aliphatic carbocycles. The number of hydrogen-bond acceptors (Lipinski definition) is 5. The molecule has 8 nitrogen and oxygen atoms in total. The van der Waals surface area contributed by atoms with E-state index in [-0.39, 0.29) is 31.1 Å². The van der Waals surface area contributed by atoms with Crippen LogP contribution in [0.2, 0.25) is 5.02 Å². The van der Waals surface area contributed by atoms with Gasteiger partial charge in [0, 0.05) is 36.9 Å². The first-order valence-electron chi connectivity index (χ1n) is 8.12. The molecule has 3 N–H and O–H groups in total. The summed E-state index contributed by atoms with van der Waals surface area (Å²) in [5, 5.41) is 24.3. The molecule has 1 saturated heterocycles. The Morgan fingerprint density at radius 1 is 1.48 bits per heavy atom. The van der Waals surface area contributed by atoms with Gasteiger partial charge >= 0.3 is 0 Å². The largest absolute Gasteiger partial charge is 0.372 e. The number of carbonyl (C=O) groups excluding carboxylic acids is 2. The highest BCUT2D eigenvalue weighted by atomic mass is 35.5. The Labute approximate surface area is 159 Å². The van der Waals surface area contributed by atoms with E-state index >= 15 is 0 Å². The number of aliphatic hydroxyl groups is 1. The van der Waals surface area contributed by atoms with Crippen molar-refractivity contribution in [2.45, 2.75) is 25.1 Å². The molecule has 0 saturated carbocycles. The average Bonchev–Trinajstić information content (AvgIpc) is 3.18. The van der Waals surface area contributed by atoms with Crippen LogP contribution >= 0.6 is 11.6 Å². The molecule has 142 valence electrons. The minimum absolute atomic E-state index is 0.0802. The van der Waals surface area contributed by atoms with Gasteiger partial charge in [-0.3, -0.25) is 14.3 Å². The number of carbonyl (C=O) groups is 2. The standard InChI is InChI=1S/C17H17ClFN5O3/c18-12-5-11(6-13(19)7-12)8-21-15(25)17(27)1-3-24(16(17)26)14-9-22-23(10-14)4-2-20/h2,5-7,9-10,20,27H,1,3-4,8H2,(H,21,25). The number of aromatic nitrogens is 2. The van der Waals surface area contributed by atoms with Gasteiger partial charge in [-0.2, -0.15) is 5.10 Å². The molecule has 1 aliphatic heterocycles. The molecule has 1 unspecified atom stereocenters. The highest BCUT2D eigenvalue weighted by Crippen LogP contribution is 2.28. The third-order valence-corrected chi connectivity index (χ3v) is 4.48. The van der Waals surface area contributed by atoms with Crippen LogP contribution in [0.1, 0.15) is 12.0 Å². The lowest BCUT2D eigenvalue weighted by atomic mass is 10.0. The lowest BCUT2D eigenvalue weighted by Gasteiger charge is -2.21. The fourth-order valence-electron chi connectivity index (χ4n) is 2.89. The van der Waals surface area contributed by atoms with Crippen LogP contribution in [0.25, 0.3) is 0 Å². The predicted molar refractivity (Wildman–Crippen MR) is 96.2 cm³/mol. The minimum Gasteiger partial charge on any atom is -0.372 e. The molecule has 27 heavy (non-hydrogen) atoms. The second-order valence-corrected chi connectivity index (χ2v) is 6.59. The van der Waals surface area contributed by atoms with Gasteiger partial charge in [0.15, 0.2) is 0 Å². The summed E-state index contributed by atoms with van der Waals surface area (Å²) in [5.74, 6) is -2.16. The van der Waals surface area contributed by atoms with Gasteiger partial charge in [0.1, 0.15) is 5.82 Å². The van der Waals surface area contributed by atoms with Crippen LogP contribution in [0.3, 0.4) is 0 Å². The maximum atomic E-state index is 13.4. The molecule has 0 spiro atoms. The van der Waals surface area contributed by atoms with Gasteiger partial charge in [0.05, 0.1) is 18.4 Å². The predicted octanol–water partition coefficient (Wildman–Crippen LogP) is 1.11. The van der Waals surface area contributed by atoms with Crippen LogP contribution in [-0.4, -0.2) is 45.1 Å². The van der Waals surface area contributed by atoms with Crippen molar-refractivity contribution >= 4 is 35.3 Å². The van der Waals surface area contributed by atoms with Crippen LogP contribution in [0.5, 0.6) is 0 Å². The van der Waals surface area contributed by atoms with Crippen LogP contribution < -0.4 is 10.2 Å². The highest BCUT2D eigenvalue weighted by molar-refractivity contribution is 6.30. The molecule has 1 aliphatic rings. The minimum atomic E-state index is -2.21. The molecule has 0 bridgehead atoms. The van der Waals surface area contributed by atoms with E-state index in [4.69, 9.17) is 17.0 Å². The summed E-state index contributed by atoms with van der Waals surface area (Å²) >= 11 is 5.77. The third kappa shape index (κ3) is 3.83. The van der Waals surface area contributed by atoms with Crippen molar-refractivity contribution in [3.63, 3.8) is 0 Å². The lowest BCUT2D eigenvalue weighted by Crippen LogP contribution is -2.52. The number of halogens is 2. The molecule has 1 fully saturated rings. The quantitative estimate of drug-likeness (QED) is 0.504. The number of nitrogens with one attached hydrogen (secondary N) is 2. The summed E-state index contributed by atoms with van der Waals surface area (Å²) in [6.07, 6.45) is 4.06. The van der Waals surface area contributed by atoms with Crippen molar-refractivity contribution in [2.24, 2.45) is 0 Å². The molecule has 3 rings (SSSR count). The van der Waals surface area contributed by atoms with Crippen molar-refractivity contribution in [3.05, 3.63) is 47.0 Å². The number of hydrogen-bond donors (Lipinski definition) is 3. The van der Waals surface area contributed by atoms with E-state index in [1.54, 1.807) is 6.20 Å². The third-order valence-electron chi connectivity index (χ3n) is 4.26. The summed E-state index contributed by atoms with van der Waals surface area (Å²) in [5.41, 5.74) is -1.37. The zero-order valence-corrected chi connectivity index (χ0v) is 14.9. The van der Waals surface area contributed by atoms with Crippen LogP contribution in [0, 0.1) is 11.2 Å². The van der Waals surface area contributed by atoms with E-state index < -0.39 is 23.2 Å². The maximum Gasteiger partial charge on any atom is 0.268 e. The Morgan fingerprint density at radius 2 is 2.26 bits per heavy atom. The lowest BCUT2D eigenvalue weighted by molar-refractivity contribution is -0.149. The number of rotatable bonds is 6. The summed E-state index contributed by atoms with van der Waals surface area (Å²) < 4.78 is 14.8. The fourth-order valence-corrected chi connectivity index (χ4v) is 3.13. The smallest absolute Gasteiger partial charge is 0.268 e. The Balaban J connectivity index is 1.68. The van der Waals surface area contributed by atoms with Gasteiger partial charge in [-0.25, -0.2) is 4.39 Å². The number of amides is 2. The summed E-state index contributed by atoms with van der Waals surface area (Å²) in [4.78, 5) is 26.3. The first-order valence-corrected chi connectivity index (χ1v) is 8.50. The highest BCUT2D eigenvalue weighted by Gasteiger charge is 2.51. The van der Waals surface area contributed by atoms with E-state index in [1.165, 1.54) is 27.9 Å².